The fourth-order valence-corrected chi connectivity index (χ4v) is 1.75. The minimum absolute atomic E-state index is 0.0434. The van der Waals surface area contributed by atoms with E-state index in [-0.39, 0.29) is 11.1 Å². The molecule has 0 spiro atoms. The van der Waals surface area contributed by atoms with Crippen molar-refractivity contribution < 1.29 is 19.9 Å². The summed E-state index contributed by atoms with van der Waals surface area (Å²) >= 11 is 0. The number of carboxylic acid groups (broad SMARTS) is 1. The van der Waals surface area contributed by atoms with Crippen LogP contribution in [0.4, 0.5) is 0 Å². The summed E-state index contributed by atoms with van der Waals surface area (Å²) in [6.07, 6.45) is 0. The van der Waals surface area contributed by atoms with Crippen molar-refractivity contribution in [2.45, 2.75) is 0 Å². The Morgan fingerprint density at radius 1 is 1.06 bits per heavy atom. The quantitative estimate of drug-likeness (QED) is 0.541. The Labute approximate surface area is 96.3 Å². The highest BCUT2D eigenvalue weighted by Gasteiger charge is 2.18. The SMILES string of the molecule is O=C(O)c1ccc2ccccc2c1C(=O)NO. The zero-order chi connectivity index (χ0) is 12.4. The van der Waals surface area contributed by atoms with Crippen molar-refractivity contribution in [1.82, 2.24) is 5.48 Å². The Kier molecular flexibility index (Phi) is 2.76. The van der Waals surface area contributed by atoms with Crippen molar-refractivity contribution in [3.8, 4) is 0 Å². The van der Waals surface area contributed by atoms with E-state index in [1.54, 1.807) is 30.3 Å². The number of carboxylic acids is 1. The third-order valence-electron chi connectivity index (χ3n) is 2.49. The van der Waals surface area contributed by atoms with E-state index in [0.717, 1.165) is 5.39 Å². The Balaban J connectivity index is 2.84. The molecule has 0 bridgehead atoms. The lowest BCUT2D eigenvalue weighted by molar-refractivity contribution is 0.0663. The molecule has 2 aromatic carbocycles. The van der Waals surface area contributed by atoms with E-state index in [2.05, 4.69) is 0 Å². The van der Waals surface area contributed by atoms with Crippen LogP contribution in [-0.4, -0.2) is 22.2 Å². The summed E-state index contributed by atoms with van der Waals surface area (Å²) in [4.78, 5) is 22.6. The number of amides is 1. The fourth-order valence-electron chi connectivity index (χ4n) is 1.75. The van der Waals surface area contributed by atoms with E-state index in [1.165, 1.54) is 11.5 Å². The molecule has 2 rings (SSSR count). The molecule has 3 N–H and O–H groups in total. The van der Waals surface area contributed by atoms with Crippen molar-refractivity contribution in [2.75, 3.05) is 0 Å². The minimum atomic E-state index is -1.21. The highest BCUT2D eigenvalue weighted by Crippen LogP contribution is 2.22. The summed E-state index contributed by atoms with van der Waals surface area (Å²) in [6.45, 7) is 0. The van der Waals surface area contributed by atoms with Gasteiger partial charge in [0.2, 0.25) is 0 Å². The molecule has 2 aromatic rings. The van der Waals surface area contributed by atoms with Gasteiger partial charge in [-0.3, -0.25) is 10.0 Å². The molecule has 0 radical (unpaired) electrons. The highest BCUT2D eigenvalue weighted by molar-refractivity contribution is 6.13. The van der Waals surface area contributed by atoms with Crippen LogP contribution in [0.1, 0.15) is 20.7 Å². The van der Waals surface area contributed by atoms with E-state index in [0.29, 0.717) is 5.39 Å². The standard InChI is InChI=1S/C12H9NO4/c14-11(13-17)10-8-4-2-1-3-7(8)5-6-9(10)12(15)16/h1-6,17H,(H,13,14)(H,15,16). The second-order valence-corrected chi connectivity index (χ2v) is 3.46. The number of hydrogen-bond acceptors (Lipinski definition) is 3. The average molecular weight is 231 g/mol. The first-order valence-electron chi connectivity index (χ1n) is 4.84. The van der Waals surface area contributed by atoms with Crippen LogP contribution < -0.4 is 5.48 Å². The summed E-state index contributed by atoms with van der Waals surface area (Å²) in [7, 11) is 0. The third kappa shape index (κ3) is 1.83. The number of nitrogens with one attached hydrogen (secondary N) is 1. The summed E-state index contributed by atoms with van der Waals surface area (Å²) in [5.74, 6) is -2.05. The van der Waals surface area contributed by atoms with Gasteiger partial charge in [0.25, 0.3) is 5.91 Å². The first-order valence-corrected chi connectivity index (χ1v) is 4.84. The van der Waals surface area contributed by atoms with Gasteiger partial charge in [0.1, 0.15) is 0 Å². The smallest absolute Gasteiger partial charge is 0.336 e. The van der Waals surface area contributed by atoms with Gasteiger partial charge in [-0.2, -0.15) is 0 Å². The lowest BCUT2D eigenvalue weighted by atomic mass is 9.98. The van der Waals surface area contributed by atoms with Gasteiger partial charge in [0.05, 0.1) is 11.1 Å². The van der Waals surface area contributed by atoms with Crippen LogP contribution in [0.5, 0.6) is 0 Å². The monoisotopic (exact) mass is 231 g/mol. The Morgan fingerprint density at radius 2 is 1.76 bits per heavy atom. The second kappa shape index (κ2) is 4.23. The molecule has 0 saturated carbocycles. The molecule has 0 aliphatic carbocycles. The number of carbonyl (C=O) groups excluding carboxylic acids is 1. The number of hydroxylamine groups is 1. The lowest BCUT2D eigenvalue weighted by Gasteiger charge is -2.08. The Morgan fingerprint density at radius 3 is 2.41 bits per heavy atom. The van der Waals surface area contributed by atoms with Crippen LogP contribution >= 0.6 is 0 Å². The summed E-state index contributed by atoms with van der Waals surface area (Å²) < 4.78 is 0. The van der Waals surface area contributed by atoms with Crippen molar-refractivity contribution >= 4 is 22.6 Å². The van der Waals surface area contributed by atoms with E-state index >= 15 is 0 Å². The normalized spacial score (nSPS) is 10.2. The molecular formula is C12H9NO4. The maximum Gasteiger partial charge on any atom is 0.336 e. The Bertz CT molecular complexity index is 606. The van der Waals surface area contributed by atoms with Gasteiger partial charge in [-0.15, -0.1) is 0 Å². The van der Waals surface area contributed by atoms with Gasteiger partial charge in [0, 0.05) is 0 Å². The predicted molar refractivity (Wildman–Crippen MR) is 60.2 cm³/mol. The fraction of sp³-hybridized carbons (Fsp3) is 0. The number of benzene rings is 2. The molecule has 0 aromatic heterocycles. The number of hydrogen-bond donors (Lipinski definition) is 3. The molecule has 0 aliphatic rings. The first kappa shape index (κ1) is 11.1. The Hall–Kier alpha value is -2.40. The van der Waals surface area contributed by atoms with Crippen LogP contribution in [0.15, 0.2) is 36.4 Å². The molecule has 1 amide bonds. The van der Waals surface area contributed by atoms with Gasteiger partial charge in [0.15, 0.2) is 0 Å². The number of rotatable bonds is 2. The summed E-state index contributed by atoms with van der Waals surface area (Å²) in [6, 6.07) is 9.83. The maximum atomic E-state index is 11.5. The highest BCUT2D eigenvalue weighted by atomic mass is 16.5. The minimum Gasteiger partial charge on any atom is -0.478 e. The van der Waals surface area contributed by atoms with E-state index in [4.69, 9.17) is 10.3 Å². The van der Waals surface area contributed by atoms with Crippen LogP contribution in [0.25, 0.3) is 10.8 Å². The van der Waals surface area contributed by atoms with E-state index in [9.17, 15) is 9.59 Å². The number of fused-ring (bicyclic) bond motifs is 1. The molecule has 5 heteroatoms. The van der Waals surface area contributed by atoms with Gasteiger partial charge in [-0.1, -0.05) is 30.3 Å². The molecule has 17 heavy (non-hydrogen) atoms. The average Bonchev–Trinajstić information content (AvgIpc) is 2.36. The predicted octanol–water partition coefficient (Wildman–Crippen LogP) is 1.66. The molecule has 0 heterocycles. The van der Waals surface area contributed by atoms with Crippen LogP contribution in [0.2, 0.25) is 0 Å². The van der Waals surface area contributed by atoms with Gasteiger partial charge in [-0.25, -0.2) is 10.3 Å². The van der Waals surface area contributed by atoms with Gasteiger partial charge >= 0.3 is 5.97 Å². The van der Waals surface area contributed by atoms with Crippen LogP contribution in [-0.2, 0) is 0 Å². The second-order valence-electron chi connectivity index (χ2n) is 3.46. The first-order chi connectivity index (χ1) is 8.15. The summed E-state index contributed by atoms with van der Waals surface area (Å²) in [5, 5.41) is 18.9. The van der Waals surface area contributed by atoms with Crippen molar-refractivity contribution in [1.29, 1.82) is 0 Å². The molecule has 86 valence electrons. The zero-order valence-electron chi connectivity index (χ0n) is 8.68. The van der Waals surface area contributed by atoms with E-state index in [1.807, 2.05) is 0 Å². The van der Waals surface area contributed by atoms with Crippen molar-refractivity contribution in [3.63, 3.8) is 0 Å². The van der Waals surface area contributed by atoms with Crippen LogP contribution in [0.3, 0.4) is 0 Å². The molecule has 0 fully saturated rings. The molecule has 0 saturated heterocycles. The molecule has 0 aliphatic heterocycles. The zero-order valence-corrected chi connectivity index (χ0v) is 8.68. The number of carbonyl (C=O) groups is 2. The third-order valence-corrected chi connectivity index (χ3v) is 2.49. The maximum absolute atomic E-state index is 11.5. The van der Waals surface area contributed by atoms with Crippen LogP contribution in [0, 0.1) is 0 Å². The molecule has 0 unspecified atom stereocenters. The van der Waals surface area contributed by atoms with Crippen molar-refractivity contribution in [3.05, 3.63) is 47.5 Å². The topological polar surface area (TPSA) is 86.6 Å². The number of aromatic carboxylic acids is 1. The molecule has 5 nitrogen and oxygen atoms in total. The molecule has 0 atom stereocenters. The van der Waals surface area contributed by atoms with E-state index < -0.39 is 11.9 Å². The summed E-state index contributed by atoms with van der Waals surface area (Å²) in [5.41, 5.74) is 1.28. The lowest BCUT2D eigenvalue weighted by Crippen LogP contribution is -2.22. The van der Waals surface area contributed by atoms with Crippen molar-refractivity contribution in [2.24, 2.45) is 0 Å². The molecular weight excluding hydrogens is 222 g/mol. The van der Waals surface area contributed by atoms with Gasteiger partial charge < -0.3 is 5.11 Å². The van der Waals surface area contributed by atoms with Gasteiger partial charge in [-0.05, 0) is 16.8 Å². The largest absolute Gasteiger partial charge is 0.478 e.